The number of fused-ring (bicyclic) bond motifs is 1. The number of pyridine rings is 1. The van der Waals surface area contributed by atoms with Gasteiger partial charge in [-0.05, 0) is 49.1 Å². The third-order valence-corrected chi connectivity index (χ3v) is 4.87. The monoisotopic (exact) mass is 296 g/mol. The van der Waals surface area contributed by atoms with Crippen LogP contribution in [0.15, 0.2) is 24.3 Å². The average Bonchev–Trinajstić information content (AvgIpc) is 2.35. The van der Waals surface area contributed by atoms with Crippen molar-refractivity contribution in [3.8, 4) is 0 Å². The van der Waals surface area contributed by atoms with E-state index in [9.17, 15) is 0 Å². The van der Waals surface area contributed by atoms with Gasteiger partial charge in [0, 0.05) is 29.9 Å². The van der Waals surface area contributed by atoms with Crippen LogP contribution in [0.5, 0.6) is 0 Å². The smallest absolute Gasteiger partial charge is 0.0709 e. The Balaban J connectivity index is 1.68. The van der Waals surface area contributed by atoms with Gasteiger partial charge in [-0.1, -0.05) is 13.8 Å². The third kappa shape index (κ3) is 2.28. The second-order valence-electron chi connectivity index (χ2n) is 7.57. The van der Waals surface area contributed by atoms with Gasteiger partial charge >= 0.3 is 0 Å². The Morgan fingerprint density at radius 1 is 1.23 bits per heavy atom. The standard InChI is InChI=1S/C19H24N2O/c1-13(2)6-15-7-14(3)20-18-5-4-16(8-17(15)18)21-9-19(10-21)11-22-12-19/h4-5,7-8,13H,6,9-12H2,1-3H3. The molecule has 2 aliphatic rings. The second-order valence-corrected chi connectivity index (χ2v) is 7.57. The van der Waals surface area contributed by atoms with E-state index in [1.54, 1.807) is 0 Å². The molecular formula is C19H24N2O. The molecule has 2 saturated heterocycles. The molecule has 0 atom stereocenters. The van der Waals surface area contributed by atoms with Crippen molar-refractivity contribution in [2.75, 3.05) is 31.2 Å². The van der Waals surface area contributed by atoms with Gasteiger partial charge in [-0.15, -0.1) is 0 Å². The lowest BCUT2D eigenvalue weighted by Gasteiger charge is -2.56. The molecule has 1 aromatic heterocycles. The SMILES string of the molecule is Cc1cc(CC(C)C)c2cc(N3CC4(COC4)C3)ccc2n1. The van der Waals surface area contributed by atoms with Crippen LogP contribution in [0, 0.1) is 18.3 Å². The molecule has 0 bridgehead atoms. The van der Waals surface area contributed by atoms with E-state index in [0.717, 1.165) is 43.9 Å². The normalized spacial score (nSPS) is 19.5. The Hall–Kier alpha value is -1.61. The zero-order chi connectivity index (χ0) is 15.3. The molecule has 0 radical (unpaired) electrons. The quantitative estimate of drug-likeness (QED) is 0.865. The number of hydrogen-bond acceptors (Lipinski definition) is 3. The topological polar surface area (TPSA) is 25.4 Å². The summed E-state index contributed by atoms with van der Waals surface area (Å²) in [6.07, 6.45) is 1.11. The molecule has 2 aliphatic heterocycles. The molecule has 3 heterocycles. The van der Waals surface area contributed by atoms with Crippen molar-refractivity contribution in [3.05, 3.63) is 35.5 Å². The molecule has 3 heteroatoms. The van der Waals surface area contributed by atoms with Crippen molar-refractivity contribution in [1.29, 1.82) is 0 Å². The van der Waals surface area contributed by atoms with Crippen LogP contribution in [-0.2, 0) is 11.2 Å². The van der Waals surface area contributed by atoms with Gasteiger partial charge in [0.05, 0.1) is 24.1 Å². The van der Waals surface area contributed by atoms with Crippen LogP contribution in [0.25, 0.3) is 10.9 Å². The molecule has 22 heavy (non-hydrogen) atoms. The van der Waals surface area contributed by atoms with Crippen molar-refractivity contribution in [2.45, 2.75) is 27.2 Å². The lowest BCUT2D eigenvalue weighted by molar-refractivity contribution is -0.127. The minimum Gasteiger partial charge on any atom is -0.380 e. The first-order chi connectivity index (χ1) is 10.5. The lowest BCUT2D eigenvalue weighted by atomic mass is 9.77. The number of aromatic nitrogens is 1. The largest absolute Gasteiger partial charge is 0.380 e. The molecular weight excluding hydrogens is 272 g/mol. The summed E-state index contributed by atoms with van der Waals surface area (Å²) in [5.41, 5.74) is 5.47. The van der Waals surface area contributed by atoms with Crippen molar-refractivity contribution in [2.24, 2.45) is 11.3 Å². The molecule has 116 valence electrons. The Kier molecular flexibility index (Phi) is 3.15. The van der Waals surface area contributed by atoms with Gasteiger partial charge in [0.2, 0.25) is 0 Å². The van der Waals surface area contributed by atoms with Crippen LogP contribution >= 0.6 is 0 Å². The molecule has 0 saturated carbocycles. The van der Waals surface area contributed by atoms with Crippen molar-refractivity contribution in [1.82, 2.24) is 4.98 Å². The third-order valence-electron chi connectivity index (χ3n) is 4.87. The maximum absolute atomic E-state index is 5.37. The molecule has 0 unspecified atom stereocenters. The summed E-state index contributed by atoms with van der Waals surface area (Å²) in [5.74, 6) is 0.660. The highest BCUT2D eigenvalue weighted by atomic mass is 16.5. The average molecular weight is 296 g/mol. The highest BCUT2D eigenvalue weighted by Gasteiger charge is 2.49. The van der Waals surface area contributed by atoms with E-state index in [1.807, 2.05) is 0 Å². The molecule has 0 amide bonds. The minimum absolute atomic E-state index is 0.460. The highest BCUT2D eigenvalue weighted by Crippen LogP contribution is 2.41. The predicted molar refractivity (Wildman–Crippen MR) is 90.5 cm³/mol. The van der Waals surface area contributed by atoms with Crippen molar-refractivity contribution in [3.63, 3.8) is 0 Å². The van der Waals surface area contributed by atoms with E-state index in [-0.39, 0.29) is 0 Å². The number of nitrogens with zero attached hydrogens (tertiary/aromatic N) is 2. The van der Waals surface area contributed by atoms with E-state index in [0.29, 0.717) is 11.3 Å². The summed E-state index contributed by atoms with van der Waals surface area (Å²) in [6, 6.07) is 9.00. The predicted octanol–water partition coefficient (Wildman–Crippen LogP) is 3.58. The van der Waals surface area contributed by atoms with Gasteiger partial charge in [0.1, 0.15) is 0 Å². The van der Waals surface area contributed by atoms with Gasteiger partial charge in [0.25, 0.3) is 0 Å². The van der Waals surface area contributed by atoms with E-state index in [2.05, 4.69) is 49.9 Å². The zero-order valence-corrected chi connectivity index (χ0v) is 13.7. The fraction of sp³-hybridized carbons (Fsp3) is 0.526. The first-order valence-electron chi connectivity index (χ1n) is 8.28. The molecule has 2 aromatic rings. The van der Waals surface area contributed by atoms with Gasteiger partial charge < -0.3 is 9.64 Å². The summed E-state index contributed by atoms with van der Waals surface area (Å²) in [4.78, 5) is 7.18. The van der Waals surface area contributed by atoms with Gasteiger partial charge in [-0.2, -0.15) is 0 Å². The van der Waals surface area contributed by atoms with Crippen molar-refractivity contribution < 1.29 is 4.74 Å². The summed E-state index contributed by atoms with van der Waals surface area (Å²) in [7, 11) is 0. The zero-order valence-electron chi connectivity index (χ0n) is 13.7. The number of rotatable bonds is 3. The Morgan fingerprint density at radius 3 is 2.64 bits per heavy atom. The summed E-state index contributed by atoms with van der Waals surface area (Å²) >= 11 is 0. The number of anilines is 1. The Morgan fingerprint density at radius 2 is 2.00 bits per heavy atom. The second kappa shape index (κ2) is 4.95. The molecule has 0 aliphatic carbocycles. The summed E-state index contributed by atoms with van der Waals surface area (Å²) in [6.45, 7) is 10.8. The fourth-order valence-corrected chi connectivity index (χ4v) is 3.76. The molecule has 4 rings (SSSR count). The molecule has 1 aromatic carbocycles. The Bertz CT molecular complexity index is 711. The van der Waals surface area contributed by atoms with Gasteiger partial charge in [0.15, 0.2) is 0 Å². The van der Waals surface area contributed by atoms with Crippen LogP contribution < -0.4 is 4.90 Å². The van der Waals surface area contributed by atoms with Crippen LogP contribution in [0.2, 0.25) is 0 Å². The van der Waals surface area contributed by atoms with E-state index < -0.39 is 0 Å². The summed E-state index contributed by atoms with van der Waals surface area (Å²) < 4.78 is 5.37. The van der Waals surface area contributed by atoms with E-state index in [1.165, 1.54) is 16.6 Å². The maximum atomic E-state index is 5.37. The molecule has 2 fully saturated rings. The van der Waals surface area contributed by atoms with Crippen LogP contribution in [0.4, 0.5) is 5.69 Å². The van der Waals surface area contributed by atoms with E-state index in [4.69, 9.17) is 9.72 Å². The van der Waals surface area contributed by atoms with Crippen molar-refractivity contribution >= 4 is 16.6 Å². The first-order valence-corrected chi connectivity index (χ1v) is 8.28. The fourth-order valence-electron chi connectivity index (χ4n) is 3.76. The van der Waals surface area contributed by atoms with Crippen LogP contribution in [-0.4, -0.2) is 31.3 Å². The number of aryl methyl sites for hydroxylation is 1. The Labute approximate surface area is 132 Å². The summed E-state index contributed by atoms with van der Waals surface area (Å²) in [5, 5.41) is 1.32. The molecule has 1 spiro atoms. The number of benzene rings is 1. The molecule has 0 N–H and O–H groups in total. The lowest BCUT2D eigenvalue weighted by Crippen LogP contribution is -2.66. The first kappa shape index (κ1) is 14.0. The minimum atomic E-state index is 0.460. The number of hydrogen-bond donors (Lipinski definition) is 0. The maximum Gasteiger partial charge on any atom is 0.0709 e. The molecule has 3 nitrogen and oxygen atoms in total. The highest BCUT2D eigenvalue weighted by molar-refractivity contribution is 5.86. The van der Waals surface area contributed by atoms with Crippen LogP contribution in [0.3, 0.4) is 0 Å². The van der Waals surface area contributed by atoms with E-state index >= 15 is 0 Å². The number of ether oxygens (including phenoxy) is 1. The van der Waals surface area contributed by atoms with Gasteiger partial charge in [-0.25, -0.2) is 0 Å². The van der Waals surface area contributed by atoms with Gasteiger partial charge in [-0.3, -0.25) is 4.98 Å². The van der Waals surface area contributed by atoms with Crippen LogP contribution in [0.1, 0.15) is 25.1 Å².